The first-order chi connectivity index (χ1) is 7.29. The number of carbonyl (C=O) groups is 1. The van der Waals surface area contributed by atoms with Gasteiger partial charge in [0.05, 0.1) is 0 Å². The quantitative estimate of drug-likeness (QED) is 0.628. The first-order valence-electron chi connectivity index (χ1n) is 4.69. The molecule has 2 amide bonds. The molecular formula is C12H14FeN2O-6. The van der Waals surface area contributed by atoms with Gasteiger partial charge in [-0.05, 0) is 0 Å². The van der Waals surface area contributed by atoms with E-state index in [1.54, 1.807) is 0 Å². The average Bonchev–Trinajstić information content (AvgIpc) is 2.91. The molecule has 2 aromatic rings. The zero-order chi connectivity index (χ0) is 10.9. The van der Waals surface area contributed by atoms with Crippen molar-refractivity contribution < 1.29 is 21.9 Å². The van der Waals surface area contributed by atoms with Crippen molar-refractivity contribution in [2.24, 2.45) is 5.73 Å². The van der Waals surface area contributed by atoms with Gasteiger partial charge in [0.25, 0.3) is 0 Å². The Bertz CT molecular complexity index is 337. The molecule has 0 radical (unpaired) electrons. The van der Waals surface area contributed by atoms with E-state index in [-0.39, 0.29) is 17.1 Å². The molecule has 0 saturated heterocycles. The maximum atomic E-state index is 10.2. The van der Waals surface area contributed by atoms with Gasteiger partial charge in [-0.1, -0.05) is 0 Å². The fourth-order valence-corrected chi connectivity index (χ4v) is 1.04. The van der Waals surface area contributed by atoms with E-state index >= 15 is 0 Å². The van der Waals surface area contributed by atoms with Gasteiger partial charge in [-0.2, -0.15) is 18.2 Å². The van der Waals surface area contributed by atoms with Crippen LogP contribution in [0.2, 0.25) is 0 Å². The Labute approximate surface area is 106 Å². The summed E-state index contributed by atoms with van der Waals surface area (Å²) >= 11 is 0. The van der Waals surface area contributed by atoms with E-state index in [0.717, 1.165) is 5.56 Å². The van der Waals surface area contributed by atoms with Crippen LogP contribution in [0.25, 0.3) is 0 Å². The predicted molar refractivity (Wildman–Crippen MR) is 60.5 cm³/mol. The van der Waals surface area contributed by atoms with Crippen LogP contribution >= 0.6 is 0 Å². The number of hydrogen-bond acceptors (Lipinski definition) is 1. The Hall–Kier alpha value is -1.51. The summed E-state index contributed by atoms with van der Waals surface area (Å²) in [5, 5.41) is 2.49. The van der Waals surface area contributed by atoms with Gasteiger partial charge in [0.2, 0.25) is 0 Å². The van der Waals surface area contributed by atoms with E-state index in [2.05, 4.69) is 5.32 Å². The van der Waals surface area contributed by atoms with Crippen LogP contribution in [0, 0.1) is 0 Å². The number of amides is 2. The van der Waals surface area contributed by atoms with E-state index in [9.17, 15) is 4.79 Å². The summed E-state index contributed by atoms with van der Waals surface area (Å²) in [6, 6.07) is 17.2. The number of nitrogens with two attached hydrogens (primary N) is 1. The summed E-state index contributed by atoms with van der Waals surface area (Å²) in [5.74, 6) is 0. The fourth-order valence-electron chi connectivity index (χ4n) is 1.04. The number of urea groups is 1. The van der Waals surface area contributed by atoms with Crippen molar-refractivity contribution in [2.45, 2.75) is 6.54 Å². The molecule has 4 heteroatoms. The van der Waals surface area contributed by atoms with E-state index in [0.29, 0.717) is 6.54 Å². The molecule has 0 heterocycles. The summed E-state index contributed by atoms with van der Waals surface area (Å²) in [6.45, 7) is 0.516. The Morgan fingerprint density at radius 2 is 1.81 bits per heavy atom. The van der Waals surface area contributed by atoms with Gasteiger partial charge in [0.1, 0.15) is 0 Å². The largest absolute Gasteiger partial charge is 0.748 e. The smallest absolute Gasteiger partial charge is 0.309 e. The third-order valence-corrected chi connectivity index (χ3v) is 1.75. The second kappa shape index (κ2) is 8.77. The molecule has 92 valence electrons. The Morgan fingerprint density at radius 1 is 1.25 bits per heavy atom. The Kier molecular flexibility index (Phi) is 7.94. The van der Waals surface area contributed by atoms with Crippen molar-refractivity contribution in [1.82, 2.24) is 5.32 Å². The van der Waals surface area contributed by atoms with Crippen LogP contribution in [-0.2, 0) is 23.6 Å². The predicted octanol–water partition coefficient (Wildman–Crippen LogP) is 1.98. The standard InChI is InChI=1S/C7H9N2O.C5H5.Fe/c8-7(10)9-5-6-3-1-2-4-6;1-2-4-5-3-1;/h1-4H,5H2,(H3,8,9,10);1-5H;/q-5;-1;. The Morgan fingerprint density at radius 3 is 2.19 bits per heavy atom. The molecule has 16 heavy (non-hydrogen) atoms. The Balaban J connectivity index is 0.000000318. The number of hydrogen-bond donors (Lipinski definition) is 2. The van der Waals surface area contributed by atoms with E-state index in [4.69, 9.17) is 5.73 Å². The molecule has 0 unspecified atom stereocenters. The number of nitrogens with one attached hydrogen (secondary N) is 1. The molecule has 2 aromatic carbocycles. The molecule has 0 bridgehead atoms. The van der Waals surface area contributed by atoms with Gasteiger partial charge in [-0.3, -0.25) is 0 Å². The number of carbonyl (C=O) groups excluding carboxylic acids is 1. The second-order valence-electron chi connectivity index (χ2n) is 2.97. The van der Waals surface area contributed by atoms with Crippen molar-refractivity contribution in [1.29, 1.82) is 0 Å². The van der Waals surface area contributed by atoms with Crippen molar-refractivity contribution in [3.05, 3.63) is 60.2 Å². The second-order valence-corrected chi connectivity index (χ2v) is 2.97. The van der Waals surface area contributed by atoms with Gasteiger partial charge in [0.15, 0.2) is 0 Å². The molecule has 0 spiro atoms. The summed E-state index contributed by atoms with van der Waals surface area (Å²) in [4.78, 5) is 10.2. The normalized spacial score (nSPS) is 8.25. The maximum absolute atomic E-state index is 10.2. The van der Waals surface area contributed by atoms with Crippen LogP contribution in [0.15, 0.2) is 54.6 Å². The van der Waals surface area contributed by atoms with Gasteiger partial charge < -0.3 is 40.9 Å². The molecule has 0 aliphatic rings. The third kappa shape index (κ3) is 6.87. The van der Waals surface area contributed by atoms with Crippen molar-refractivity contribution in [3.63, 3.8) is 0 Å². The number of primary amides is 1. The van der Waals surface area contributed by atoms with Gasteiger partial charge in [-0.15, -0.1) is 6.54 Å². The van der Waals surface area contributed by atoms with E-state index < -0.39 is 6.03 Å². The molecule has 3 nitrogen and oxygen atoms in total. The van der Waals surface area contributed by atoms with Crippen LogP contribution in [0.1, 0.15) is 5.56 Å². The molecule has 0 aliphatic heterocycles. The van der Waals surface area contributed by atoms with Gasteiger partial charge in [-0.25, -0.2) is 16.9 Å². The zero-order valence-corrected chi connectivity index (χ0v) is 9.85. The first kappa shape index (κ1) is 14.5. The van der Waals surface area contributed by atoms with Crippen LogP contribution in [-0.4, -0.2) is 6.03 Å². The van der Waals surface area contributed by atoms with Gasteiger partial charge >= 0.3 is 6.03 Å². The summed E-state index contributed by atoms with van der Waals surface area (Å²) in [7, 11) is 0. The minimum absolute atomic E-state index is 0. The molecular weight excluding hydrogens is 244 g/mol. The monoisotopic (exact) mass is 258 g/mol. The van der Waals surface area contributed by atoms with Crippen molar-refractivity contribution in [2.75, 3.05) is 0 Å². The number of rotatable bonds is 2. The fraction of sp³-hybridized carbons (Fsp3) is 0.0833. The van der Waals surface area contributed by atoms with Crippen molar-refractivity contribution in [3.8, 4) is 0 Å². The summed E-state index contributed by atoms with van der Waals surface area (Å²) < 4.78 is 0. The van der Waals surface area contributed by atoms with Crippen molar-refractivity contribution >= 4 is 6.03 Å². The van der Waals surface area contributed by atoms with Crippen LogP contribution in [0.5, 0.6) is 0 Å². The summed E-state index contributed by atoms with van der Waals surface area (Å²) in [6.07, 6.45) is 0. The minimum Gasteiger partial charge on any atom is -0.748 e. The van der Waals surface area contributed by atoms with Crippen LogP contribution < -0.4 is 11.1 Å². The molecule has 2 rings (SSSR count). The minimum atomic E-state index is -0.485. The molecule has 0 saturated carbocycles. The molecule has 0 fully saturated rings. The molecule has 3 N–H and O–H groups in total. The zero-order valence-electron chi connectivity index (χ0n) is 8.74. The topological polar surface area (TPSA) is 55.1 Å². The molecule has 0 aliphatic carbocycles. The third-order valence-electron chi connectivity index (χ3n) is 1.75. The van der Waals surface area contributed by atoms with E-state index in [1.165, 1.54) is 0 Å². The molecule has 0 atom stereocenters. The van der Waals surface area contributed by atoms with Crippen LogP contribution in [0.4, 0.5) is 4.79 Å². The maximum Gasteiger partial charge on any atom is 0.309 e. The SMILES string of the molecule is NC(=O)NC[c-]1[cH-][cH-][cH-][cH-]1.[Fe].c1cc[cH-]c1. The van der Waals surface area contributed by atoms with E-state index in [1.807, 2.05) is 54.6 Å². The summed E-state index contributed by atoms with van der Waals surface area (Å²) in [5.41, 5.74) is 5.93. The molecule has 0 aromatic heterocycles. The van der Waals surface area contributed by atoms with Crippen LogP contribution in [0.3, 0.4) is 0 Å². The average molecular weight is 258 g/mol. The first-order valence-corrected chi connectivity index (χ1v) is 4.69. The van der Waals surface area contributed by atoms with Gasteiger partial charge in [0, 0.05) is 17.1 Å².